The number of carbonyl (C=O) groups excluding carboxylic acids is 2. The van der Waals surface area contributed by atoms with Crippen LogP contribution in [-0.2, 0) is 16.0 Å². The maximum Gasteiger partial charge on any atom is 0.240 e. The van der Waals surface area contributed by atoms with E-state index >= 15 is 0 Å². The van der Waals surface area contributed by atoms with Crippen LogP contribution in [0.3, 0.4) is 0 Å². The molecule has 5 N–H and O–H groups in total. The van der Waals surface area contributed by atoms with Gasteiger partial charge in [0.1, 0.15) is 6.04 Å². The lowest BCUT2D eigenvalue weighted by atomic mass is 10.0. The van der Waals surface area contributed by atoms with Gasteiger partial charge in [0, 0.05) is 6.42 Å². The van der Waals surface area contributed by atoms with Crippen LogP contribution in [0.25, 0.3) is 0 Å². The smallest absolute Gasteiger partial charge is 0.240 e. The Bertz CT molecular complexity index is 446. The molecule has 5 heteroatoms. The van der Waals surface area contributed by atoms with Crippen molar-refractivity contribution < 1.29 is 9.59 Å². The summed E-state index contributed by atoms with van der Waals surface area (Å²) >= 11 is 0. The second-order valence-electron chi connectivity index (χ2n) is 5.39. The molecule has 2 amide bonds. The number of nitrogens with two attached hydrogens (primary N) is 2. The molecular weight excluding hydrogens is 254 g/mol. The van der Waals surface area contributed by atoms with E-state index in [2.05, 4.69) is 5.32 Å². The molecule has 0 aliphatic carbocycles. The van der Waals surface area contributed by atoms with E-state index in [0.29, 0.717) is 18.8 Å². The third-order valence-electron chi connectivity index (χ3n) is 3.00. The van der Waals surface area contributed by atoms with E-state index in [1.807, 2.05) is 44.2 Å². The number of hydrogen-bond acceptors (Lipinski definition) is 3. The summed E-state index contributed by atoms with van der Waals surface area (Å²) in [5, 5.41) is 2.63. The van der Waals surface area contributed by atoms with Gasteiger partial charge >= 0.3 is 0 Å². The van der Waals surface area contributed by atoms with Crippen LogP contribution in [0.4, 0.5) is 0 Å². The highest BCUT2D eigenvalue weighted by molar-refractivity contribution is 5.89. The van der Waals surface area contributed by atoms with E-state index in [1.54, 1.807) is 0 Å². The van der Waals surface area contributed by atoms with Crippen LogP contribution in [0.5, 0.6) is 0 Å². The van der Waals surface area contributed by atoms with Gasteiger partial charge in [-0.05, 0) is 17.9 Å². The Kier molecular flexibility index (Phi) is 6.18. The van der Waals surface area contributed by atoms with Gasteiger partial charge in [0.2, 0.25) is 11.8 Å². The van der Waals surface area contributed by atoms with Crippen molar-refractivity contribution in [1.29, 1.82) is 0 Å². The first-order valence-electron chi connectivity index (χ1n) is 6.79. The van der Waals surface area contributed by atoms with Crippen molar-refractivity contribution in [2.75, 3.05) is 0 Å². The third kappa shape index (κ3) is 5.40. The maximum absolute atomic E-state index is 11.9. The monoisotopic (exact) mass is 277 g/mol. The lowest BCUT2D eigenvalue weighted by Gasteiger charge is -2.19. The van der Waals surface area contributed by atoms with E-state index in [1.165, 1.54) is 0 Å². The molecule has 110 valence electrons. The average molecular weight is 277 g/mol. The fourth-order valence-corrected chi connectivity index (χ4v) is 1.97. The van der Waals surface area contributed by atoms with Gasteiger partial charge in [-0.2, -0.15) is 0 Å². The average Bonchev–Trinajstić information content (AvgIpc) is 2.38. The number of amides is 2. The SMILES string of the molecule is CC(C)C[C@@H](N)C(=O)N[C@@H](Cc1ccccc1)C(N)=O. The molecule has 0 spiro atoms. The van der Waals surface area contributed by atoms with Crippen LogP contribution in [-0.4, -0.2) is 23.9 Å². The van der Waals surface area contributed by atoms with Gasteiger partial charge in [0.05, 0.1) is 6.04 Å². The predicted molar refractivity (Wildman–Crippen MR) is 78.7 cm³/mol. The van der Waals surface area contributed by atoms with Gasteiger partial charge in [-0.25, -0.2) is 0 Å². The molecule has 1 aromatic carbocycles. The largest absolute Gasteiger partial charge is 0.368 e. The van der Waals surface area contributed by atoms with Gasteiger partial charge in [-0.1, -0.05) is 44.2 Å². The molecule has 0 aromatic heterocycles. The van der Waals surface area contributed by atoms with Gasteiger partial charge in [-0.3, -0.25) is 9.59 Å². The van der Waals surface area contributed by atoms with Gasteiger partial charge in [-0.15, -0.1) is 0 Å². The van der Waals surface area contributed by atoms with Crippen molar-refractivity contribution in [1.82, 2.24) is 5.32 Å². The molecule has 0 fully saturated rings. The van der Waals surface area contributed by atoms with Crippen LogP contribution in [0.2, 0.25) is 0 Å². The molecule has 0 aliphatic rings. The van der Waals surface area contributed by atoms with Gasteiger partial charge < -0.3 is 16.8 Å². The number of primary amides is 1. The summed E-state index contributed by atoms with van der Waals surface area (Å²) in [5.41, 5.74) is 12.1. The lowest BCUT2D eigenvalue weighted by Crippen LogP contribution is -2.51. The first-order chi connectivity index (χ1) is 9.40. The fraction of sp³-hybridized carbons (Fsp3) is 0.467. The molecule has 0 saturated heterocycles. The summed E-state index contributed by atoms with van der Waals surface area (Å²) in [6.45, 7) is 3.98. The topological polar surface area (TPSA) is 98.2 Å². The highest BCUT2D eigenvalue weighted by Crippen LogP contribution is 2.05. The molecule has 0 saturated carbocycles. The zero-order chi connectivity index (χ0) is 15.1. The van der Waals surface area contributed by atoms with E-state index < -0.39 is 18.0 Å². The van der Waals surface area contributed by atoms with E-state index in [4.69, 9.17) is 11.5 Å². The zero-order valence-electron chi connectivity index (χ0n) is 12.0. The molecular formula is C15H23N3O2. The van der Waals surface area contributed by atoms with Crippen LogP contribution >= 0.6 is 0 Å². The molecule has 20 heavy (non-hydrogen) atoms. The summed E-state index contributed by atoms with van der Waals surface area (Å²) in [5.74, 6) is -0.575. The number of benzene rings is 1. The van der Waals surface area contributed by atoms with E-state index in [-0.39, 0.29) is 5.91 Å². The summed E-state index contributed by atoms with van der Waals surface area (Å²) in [4.78, 5) is 23.4. The van der Waals surface area contributed by atoms with Gasteiger partial charge in [0.25, 0.3) is 0 Å². The Morgan fingerprint density at radius 1 is 1.20 bits per heavy atom. The Morgan fingerprint density at radius 2 is 1.80 bits per heavy atom. The normalized spacial score (nSPS) is 13.8. The fourth-order valence-electron chi connectivity index (χ4n) is 1.97. The summed E-state index contributed by atoms with van der Waals surface area (Å²) in [6.07, 6.45) is 0.943. The molecule has 1 aromatic rings. The minimum Gasteiger partial charge on any atom is -0.368 e. The van der Waals surface area contributed by atoms with Gasteiger partial charge in [0.15, 0.2) is 0 Å². The third-order valence-corrected chi connectivity index (χ3v) is 3.00. The van der Waals surface area contributed by atoms with Crippen LogP contribution in [0, 0.1) is 5.92 Å². The Balaban J connectivity index is 2.64. The molecule has 0 bridgehead atoms. The van der Waals surface area contributed by atoms with Crippen molar-refractivity contribution in [3.05, 3.63) is 35.9 Å². The maximum atomic E-state index is 11.9. The summed E-state index contributed by atoms with van der Waals surface area (Å²) in [6, 6.07) is 8.06. The quantitative estimate of drug-likeness (QED) is 0.679. The Labute approximate surface area is 119 Å². The van der Waals surface area contributed by atoms with Crippen LogP contribution in [0.1, 0.15) is 25.8 Å². The van der Waals surface area contributed by atoms with Crippen LogP contribution in [0.15, 0.2) is 30.3 Å². The molecule has 5 nitrogen and oxygen atoms in total. The van der Waals surface area contributed by atoms with Crippen molar-refractivity contribution in [2.24, 2.45) is 17.4 Å². The molecule has 0 unspecified atom stereocenters. The minimum atomic E-state index is -0.733. The summed E-state index contributed by atoms with van der Waals surface area (Å²) in [7, 11) is 0. The number of nitrogens with one attached hydrogen (secondary N) is 1. The standard InChI is InChI=1S/C15H23N3O2/c1-10(2)8-12(16)15(20)18-13(14(17)19)9-11-6-4-3-5-7-11/h3-7,10,12-13H,8-9,16H2,1-2H3,(H2,17,19)(H,18,20)/t12-,13+/m1/s1. The molecule has 0 aliphatic heterocycles. The molecule has 2 atom stereocenters. The van der Waals surface area contributed by atoms with E-state index in [0.717, 1.165) is 5.56 Å². The number of hydrogen-bond donors (Lipinski definition) is 3. The van der Waals surface area contributed by atoms with Crippen molar-refractivity contribution in [2.45, 2.75) is 38.8 Å². The zero-order valence-corrected chi connectivity index (χ0v) is 12.0. The van der Waals surface area contributed by atoms with Crippen molar-refractivity contribution in [3.63, 3.8) is 0 Å². The number of carbonyl (C=O) groups is 2. The van der Waals surface area contributed by atoms with E-state index in [9.17, 15) is 9.59 Å². The first kappa shape index (κ1) is 16.2. The summed E-state index contributed by atoms with van der Waals surface area (Å²) < 4.78 is 0. The first-order valence-corrected chi connectivity index (χ1v) is 6.79. The van der Waals surface area contributed by atoms with Crippen molar-refractivity contribution in [3.8, 4) is 0 Å². The molecule has 0 heterocycles. The molecule has 0 radical (unpaired) electrons. The highest BCUT2D eigenvalue weighted by Gasteiger charge is 2.22. The minimum absolute atomic E-state index is 0.317. The second-order valence-corrected chi connectivity index (χ2v) is 5.39. The number of rotatable bonds is 7. The predicted octanol–water partition coefficient (Wildman–Crippen LogP) is 0.573. The van der Waals surface area contributed by atoms with Crippen LogP contribution < -0.4 is 16.8 Å². The highest BCUT2D eigenvalue weighted by atomic mass is 16.2. The second kappa shape index (κ2) is 7.65. The molecule has 1 rings (SSSR count). The Morgan fingerprint density at radius 3 is 2.30 bits per heavy atom. The van der Waals surface area contributed by atoms with Crippen molar-refractivity contribution >= 4 is 11.8 Å². The lowest BCUT2D eigenvalue weighted by molar-refractivity contribution is -0.128. The Hall–Kier alpha value is -1.88.